The van der Waals surface area contributed by atoms with Gasteiger partial charge in [-0.15, -0.1) is 11.3 Å². The van der Waals surface area contributed by atoms with Gasteiger partial charge >= 0.3 is 0 Å². The lowest BCUT2D eigenvalue weighted by molar-refractivity contribution is -0.177. The predicted molar refractivity (Wildman–Crippen MR) is 121 cm³/mol. The largest absolute Gasteiger partial charge is 0.486 e. The van der Waals surface area contributed by atoms with Crippen LogP contribution in [-0.2, 0) is 13.0 Å². The molecule has 0 bridgehead atoms. The van der Waals surface area contributed by atoms with Gasteiger partial charge in [0.15, 0.2) is 5.72 Å². The van der Waals surface area contributed by atoms with Crippen molar-refractivity contribution in [1.29, 1.82) is 0 Å². The number of rotatable bonds is 6. The fourth-order valence-corrected chi connectivity index (χ4v) is 5.65. The van der Waals surface area contributed by atoms with Crippen LogP contribution in [0.1, 0.15) is 36.3 Å². The summed E-state index contributed by atoms with van der Waals surface area (Å²) in [6.07, 6.45) is 5.02. The molecule has 2 aliphatic heterocycles. The first-order valence-corrected chi connectivity index (χ1v) is 11.8. The molecule has 1 fully saturated rings. The first kappa shape index (κ1) is 19.9. The smallest absolute Gasteiger partial charge is 0.168 e. The van der Waals surface area contributed by atoms with E-state index in [1.807, 2.05) is 30.3 Å². The lowest BCUT2D eigenvalue weighted by Gasteiger charge is -2.47. The summed E-state index contributed by atoms with van der Waals surface area (Å²) in [6.45, 7) is 2.95. The molecule has 5 rings (SSSR count). The van der Waals surface area contributed by atoms with Crippen LogP contribution < -0.4 is 10.1 Å². The van der Waals surface area contributed by atoms with Gasteiger partial charge in [-0.25, -0.2) is 4.98 Å². The molecule has 3 heterocycles. The highest BCUT2D eigenvalue weighted by molar-refractivity contribution is 7.18. The molecule has 0 aliphatic carbocycles. The van der Waals surface area contributed by atoms with E-state index in [1.54, 1.807) is 11.3 Å². The van der Waals surface area contributed by atoms with Gasteiger partial charge < -0.3 is 15.2 Å². The molecule has 2 unspecified atom stereocenters. The van der Waals surface area contributed by atoms with Crippen LogP contribution >= 0.6 is 11.3 Å². The second-order valence-electron chi connectivity index (χ2n) is 8.36. The highest BCUT2D eigenvalue weighted by Gasteiger charge is 2.45. The highest BCUT2D eigenvalue weighted by Crippen LogP contribution is 2.34. The van der Waals surface area contributed by atoms with Gasteiger partial charge in [-0.05, 0) is 49.4 Å². The third-order valence-electron chi connectivity index (χ3n) is 6.34. The summed E-state index contributed by atoms with van der Waals surface area (Å²) in [5, 5.41) is 16.5. The van der Waals surface area contributed by atoms with E-state index in [4.69, 9.17) is 9.72 Å². The second kappa shape index (κ2) is 8.63. The fraction of sp³-hybridized carbons (Fsp3) is 0.458. The molecule has 0 saturated carbocycles. The molecule has 3 aromatic rings. The second-order valence-corrected chi connectivity index (χ2v) is 9.47. The SMILES string of the molecule is OC(CNCc1nc2ccccc2s1)(C1CCc2ccccc2O1)N1CCCCC1. The summed E-state index contributed by atoms with van der Waals surface area (Å²) < 4.78 is 7.56. The van der Waals surface area contributed by atoms with Crippen molar-refractivity contribution in [3.63, 3.8) is 0 Å². The molecular formula is C24H29N3O2S. The van der Waals surface area contributed by atoms with E-state index in [9.17, 15) is 5.11 Å². The van der Waals surface area contributed by atoms with Crippen molar-refractivity contribution >= 4 is 21.6 Å². The Kier molecular flexibility index (Phi) is 5.74. The molecule has 30 heavy (non-hydrogen) atoms. The van der Waals surface area contributed by atoms with E-state index in [0.29, 0.717) is 13.1 Å². The van der Waals surface area contributed by atoms with E-state index in [0.717, 1.165) is 55.0 Å². The fourth-order valence-electron chi connectivity index (χ4n) is 4.71. The van der Waals surface area contributed by atoms with Gasteiger partial charge in [0.25, 0.3) is 0 Å². The number of likely N-dealkylation sites (tertiary alicyclic amines) is 1. The molecule has 158 valence electrons. The Balaban J connectivity index is 1.32. The normalized spacial score (nSPS) is 21.7. The molecule has 2 atom stereocenters. The monoisotopic (exact) mass is 423 g/mol. The van der Waals surface area contributed by atoms with E-state index in [-0.39, 0.29) is 6.10 Å². The van der Waals surface area contributed by atoms with E-state index in [2.05, 4.69) is 28.4 Å². The van der Waals surface area contributed by atoms with Gasteiger partial charge in [-0.1, -0.05) is 36.8 Å². The third kappa shape index (κ3) is 3.97. The number of aromatic nitrogens is 1. The van der Waals surface area contributed by atoms with Crippen molar-refractivity contribution < 1.29 is 9.84 Å². The molecule has 1 aromatic heterocycles. The Hall–Kier alpha value is -1.99. The minimum absolute atomic E-state index is 0.242. The number of hydrogen-bond donors (Lipinski definition) is 2. The number of nitrogens with one attached hydrogen (secondary N) is 1. The van der Waals surface area contributed by atoms with Gasteiger partial charge in [-0.3, -0.25) is 4.90 Å². The molecule has 2 aromatic carbocycles. The lowest BCUT2D eigenvalue weighted by atomic mass is 9.92. The van der Waals surface area contributed by atoms with Crippen LogP contribution in [0.4, 0.5) is 0 Å². The van der Waals surface area contributed by atoms with Crippen molar-refractivity contribution in [2.24, 2.45) is 0 Å². The lowest BCUT2D eigenvalue weighted by Crippen LogP contribution is -2.65. The highest BCUT2D eigenvalue weighted by atomic mass is 32.1. The quantitative estimate of drug-likeness (QED) is 0.629. The molecule has 1 saturated heterocycles. The van der Waals surface area contributed by atoms with E-state index in [1.165, 1.54) is 16.7 Å². The van der Waals surface area contributed by atoms with Crippen molar-refractivity contribution in [2.45, 2.75) is 50.5 Å². The van der Waals surface area contributed by atoms with Gasteiger partial charge in [-0.2, -0.15) is 0 Å². The summed E-state index contributed by atoms with van der Waals surface area (Å²) in [5.41, 5.74) is 1.25. The number of thiazole rings is 1. The van der Waals surface area contributed by atoms with Crippen LogP contribution in [0.15, 0.2) is 48.5 Å². The van der Waals surface area contributed by atoms with Crippen LogP contribution in [0.5, 0.6) is 5.75 Å². The van der Waals surface area contributed by atoms with Crippen molar-refractivity contribution in [2.75, 3.05) is 19.6 Å². The van der Waals surface area contributed by atoms with Crippen molar-refractivity contribution in [3.05, 3.63) is 59.1 Å². The molecule has 0 spiro atoms. The maximum atomic E-state index is 11.9. The standard InChI is InChI=1S/C24H29N3O2S/c28-24(27-14-6-1-7-15-27,22-13-12-18-8-2-4-10-20(18)29-22)17-25-16-23-26-19-9-3-5-11-21(19)30-23/h2-5,8-11,22,25,28H,1,6-7,12-17H2. The maximum absolute atomic E-state index is 11.9. The average Bonchev–Trinajstić information content (AvgIpc) is 3.22. The number of aryl methyl sites for hydroxylation is 1. The average molecular weight is 424 g/mol. The number of aliphatic hydroxyl groups is 1. The summed E-state index contributed by atoms with van der Waals surface area (Å²) in [5.74, 6) is 0.912. The minimum Gasteiger partial charge on any atom is -0.486 e. The van der Waals surface area contributed by atoms with Crippen molar-refractivity contribution in [3.8, 4) is 5.75 Å². The topological polar surface area (TPSA) is 57.6 Å². The number of benzene rings is 2. The number of nitrogens with zero attached hydrogens (tertiary/aromatic N) is 2. The first-order chi connectivity index (χ1) is 14.7. The molecule has 2 aliphatic rings. The number of fused-ring (bicyclic) bond motifs is 2. The molecular weight excluding hydrogens is 394 g/mol. The summed E-state index contributed by atoms with van der Waals surface area (Å²) >= 11 is 1.71. The van der Waals surface area contributed by atoms with Gasteiger partial charge in [0.1, 0.15) is 16.9 Å². The zero-order valence-electron chi connectivity index (χ0n) is 17.2. The molecule has 6 heteroatoms. The molecule has 0 radical (unpaired) electrons. The van der Waals surface area contributed by atoms with Gasteiger partial charge in [0, 0.05) is 26.2 Å². The van der Waals surface area contributed by atoms with Crippen LogP contribution in [0.25, 0.3) is 10.2 Å². The van der Waals surface area contributed by atoms with Crippen LogP contribution in [0.3, 0.4) is 0 Å². The Morgan fingerprint density at radius 3 is 2.77 bits per heavy atom. The van der Waals surface area contributed by atoms with E-state index < -0.39 is 5.72 Å². The maximum Gasteiger partial charge on any atom is 0.168 e. The molecule has 0 amide bonds. The zero-order chi connectivity index (χ0) is 20.4. The number of ether oxygens (including phenoxy) is 1. The Morgan fingerprint density at radius 2 is 1.90 bits per heavy atom. The van der Waals surface area contributed by atoms with Crippen LogP contribution in [-0.4, -0.2) is 46.5 Å². The van der Waals surface area contributed by atoms with Crippen LogP contribution in [0, 0.1) is 0 Å². The number of hydrogen-bond acceptors (Lipinski definition) is 6. The summed E-state index contributed by atoms with van der Waals surface area (Å²) in [7, 11) is 0. The number of piperidine rings is 1. The van der Waals surface area contributed by atoms with Gasteiger partial charge in [0.2, 0.25) is 0 Å². The molecule has 5 nitrogen and oxygen atoms in total. The predicted octanol–water partition coefficient (Wildman–Crippen LogP) is 3.95. The summed E-state index contributed by atoms with van der Waals surface area (Å²) in [4.78, 5) is 6.95. The Morgan fingerprint density at radius 1 is 1.10 bits per heavy atom. The molecule has 2 N–H and O–H groups in total. The first-order valence-electron chi connectivity index (χ1n) is 11.0. The summed E-state index contributed by atoms with van der Waals surface area (Å²) in [6, 6.07) is 16.4. The van der Waals surface area contributed by atoms with Gasteiger partial charge in [0.05, 0.1) is 10.2 Å². The Bertz CT molecular complexity index is 968. The van der Waals surface area contributed by atoms with E-state index >= 15 is 0 Å². The number of para-hydroxylation sites is 2. The minimum atomic E-state index is -1.02. The van der Waals surface area contributed by atoms with Crippen LogP contribution in [0.2, 0.25) is 0 Å². The zero-order valence-corrected chi connectivity index (χ0v) is 18.0. The Labute approximate surface area is 181 Å². The van der Waals surface area contributed by atoms with Crippen molar-refractivity contribution in [1.82, 2.24) is 15.2 Å². The third-order valence-corrected chi connectivity index (χ3v) is 7.37.